The largest absolute Gasteiger partial charge is 0.324 e. The molecular weight excluding hydrogens is 404 g/mol. The minimum atomic E-state index is -0.279. The van der Waals surface area contributed by atoms with Gasteiger partial charge in [-0.05, 0) is 66.7 Å². The van der Waals surface area contributed by atoms with E-state index in [9.17, 15) is 4.79 Å². The molecule has 1 unspecified atom stereocenters. The molecule has 0 radical (unpaired) electrons. The molecule has 0 aliphatic rings. The molecule has 1 heterocycles. The number of nitrogens with zero attached hydrogens (tertiary/aromatic N) is 3. The predicted molar refractivity (Wildman–Crippen MR) is 112 cm³/mol. The molecule has 1 N–H and O–H groups in total. The normalized spacial score (nSPS) is 12.2. The van der Waals surface area contributed by atoms with E-state index in [4.69, 9.17) is 0 Å². The predicted octanol–water partition coefficient (Wildman–Crippen LogP) is 4.40. The number of rotatable bonds is 6. The third-order valence-electron chi connectivity index (χ3n) is 4.51. The summed E-state index contributed by atoms with van der Waals surface area (Å²) in [5, 5.41) is 7.40. The second-order valence-corrected chi connectivity index (χ2v) is 7.55. The van der Waals surface area contributed by atoms with Gasteiger partial charge < -0.3 is 5.32 Å². The van der Waals surface area contributed by atoms with E-state index in [1.54, 1.807) is 0 Å². The molecule has 0 saturated carbocycles. The summed E-state index contributed by atoms with van der Waals surface area (Å²) < 4.78 is 2.73. The van der Waals surface area contributed by atoms with E-state index < -0.39 is 0 Å². The average Bonchev–Trinajstić information content (AvgIpc) is 3.12. The van der Waals surface area contributed by atoms with Crippen molar-refractivity contribution in [3.63, 3.8) is 0 Å². The van der Waals surface area contributed by atoms with Gasteiger partial charge in [-0.1, -0.05) is 24.3 Å². The monoisotopic (exact) mass is 426 g/mol. The van der Waals surface area contributed by atoms with Crippen molar-refractivity contribution < 1.29 is 4.79 Å². The summed E-state index contributed by atoms with van der Waals surface area (Å²) in [7, 11) is 1.94. The highest BCUT2D eigenvalue weighted by molar-refractivity contribution is 9.10. The van der Waals surface area contributed by atoms with Gasteiger partial charge in [-0.2, -0.15) is 5.10 Å². The standard InChI is InChI=1S/C21H23BrN4O/c1-15-9-10-20(19(22)11-15)24-21(27)16(2)25(3)13-17-12-23-26(14-17)18-7-5-4-6-8-18/h4-12,14,16H,13H2,1-3H3,(H,24,27). The molecule has 0 aliphatic heterocycles. The summed E-state index contributed by atoms with van der Waals surface area (Å²) in [4.78, 5) is 14.6. The van der Waals surface area contributed by atoms with Gasteiger partial charge in [0.1, 0.15) is 0 Å². The van der Waals surface area contributed by atoms with Crippen LogP contribution in [-0.4, -0.2) is 33.7 Å². The first-order chi connectivity index (χ1) is 12.9. The zero-order valence-corrected chi connectivity index (χ0v) is 17.3. The fourth-order valence-corrected chi connectivity index (χ4v) is 3.34. The molecular formula is C21H23BrN4O. The van der Waals surface area contributed by atoms with Crippen molar-refractivity contribution in [3.05, 3.63) is 76.5 Å². The number of aromatic nitrogens is 2. The molecule has 27 heavy (non-hydrogen) atoms. The van der Waals surface area contributed by atoms with Crippen LogP contribution in [0.3, 0.4) is 0 Å². The number of para-hydroxylation sites is 1. The maximum atomic E-state index is 12.6. The number of halogens is 1. The van der Waals surface area contributed by atoms with Gasteiger partial charge >= 0.3 is 0 Å². The summed E-state index contributed by atoms with van der Waals surface area (Å²) in [6, 6.07) is 15.6. The van der Waals surface area contributed by atoms with Crippen molar-refractivity contribution in [1.29, 1.82) is 0 Å². The number of hydrogen-bond donors (Lipinski definition) is 1. The van der Waals surface area contributed by atoms with E-state index in [2.05, 4.69) is 26.3 Å². The zero-order chi connectivity index (χ0) is 19.4. The Morgan fingerprint density at radius 3 is 2.70 bits per heavy atom. The lowest BCUT2D eigenvalue weighted by molar-refractivity contribution is -0.120. The van der Waals surface area contributed by atoms with Gasteiger partial charge in [-0.15, -0.1) is 0 Å². The first kappa shape index (κ1) is 19.3. The van der Waals surface area contributed by atoms with Gasteiger partial charge in [-0.3, -0.25) is 9.69 Å². The highest BCUT2D eigenvalue weighted by Crippen LogP contribution is 2.23. The molecule has 0 bridgehead atoms. The van der Waals surface area contributed by atoms with Gasteiger partial charge in [-0.25, -0.2) is 4.68 Å². The van der Waals surface area contributed by atoms with Crippen LogP contribution in [0.1, 0.15) is 18.1 Å². The molecule has 1 amide bonds. The van der Waals surface area contributed by atoms with Crippen molar-refractivity contribution >= 4 is 27.5 Å². The summed E-state index contributed by atoms with van der Waals surface area (Å²) in [5.41, 5.74) is 3.99. The van der Waals surface area contributed by atoms with Crippen molar-refractivity contribution in [2.75, 3.05) is 12.4 Å². The molecule has 1 aromatic heterocycles. The molecule has 0 saturated heterocycles. The SMILES string of the molecule is Cc1ccc(NC(=O)C(C)N(C)Cc2cnn(-c3ccccc3)c2)c(Br)c1. The molecule has 0 fully saturated rings. The summed E-state index contributed by atoms with van der Waals surface area (Å²) >= 11 is 3.50. The number of amides is 1. The zero-order valence-electron chi connectivity index (χ0n) is 15.7. The Morgan fingerprint density at radius 1 is 1.26 bits per heavy atom. The van der Waals surface area contributed by atoms with Crippen LogP contribution in [-0.2, 0) is 11.3 Å². The summed E-state index contributed by atoms with van der Waals surface area (Å²) in [6.07, 6.45) is 3.83. The van der Waals surface area contributed by atoms with E-state index in [1.165, 1.54) is 0 Å². The van der Waals surface area contributed by atoms with E-state index in [0.717, 1.165) is 27.0 Å². The fourth-order valence-electron chi connectivity index (χ4n) is 2.75. The summed E-state index contributed by atoms with van der Waals surface area (Å²) in [5.74, 6) is -0.0440. The van der Waals surface area contributed by atoms with Crippen LogP contribution in [0.25, 0.3) is 5.69 Å². The highest BCUT2D eigenvalue weighted by Gasteiger charge is 2.19. The van der Waals surface area contributed by atoms with Gasteiger partial charge in [0.25, 0.3) is 0 Å². The van der Waals surface area contributed by atoms with Crippen molar-refractivity contribution in [3.8, 4) is 5.69 Å². The number of carbonyl (C=O) groups is 1. The van der Waals surface area contributed by atoms with E-state index in [1.807, 2.05) is 91.4 Å². The minimum Gasteiger partial charge on any atom is -0.324 e. The molecule has 3 aromatic rings. The number of hydrogen-bond acceptors (Lipinski definition) is 3. The van der Waals surface area contributed by atoms with Gasteiger partial charge in [0.05, 0.1) is 23.6 Å². The van der Waals surface area contributed by atoms with E-state index >= 15 is 0 Å². The molecule has 140 valence electrons. The molecule has 2 aromatic carbocycles. The average molecular weight is 427 g/mol. The number of anilines is 1. The second-order valence-electron chi connectivity index (χ2n) is 6.69. The van der Waals surface area contributed by atoms with Crippen LogP contribution in [0.15, 0.2) is 65.4 Å². The van der Waals surface area contributed by atoms with Crippen molar-refractivity contribution in [1.82, 2.24) is 14.7 Å². The van der Waals surface area contributed by atoms with Crippen LogP contribution in [0, 0.1) is 6.92 Å². The Bertz CT molecular complexity index is 923. The Kier molecular flexibility index (Phi) is 6.08. The number of carbonyl (C=O) groups excluding carboxylic acids is 1. The lowest BCUT2D eigenvalue weighted by atomic mass is 10.2. The van der Waals surface area contributed by atoms with Crippen LogP contribution >= 0.6 is 15.9 Å². The molecule has 6 heteroatoms. The van der Waals surface area contributed by atoms with Gasteiger partial charge in [0, 0.05) is 22.8 Å². The molecule has 0 spiro atoms. The topological polar surface area (TPSA) is 50.2 Å². The molecule has 0 aliphatic carbocycles. The third kappa shape index (κ3) is 4.84. The lowest BCUT2D eigenvalue weighted by Gasteiger charge is -2.23. The second kappa shape index (κ2) is 8.50. The van der Waals surface area contributed by atoms with Crippen LogP contribution in [0.2, 0.25) is 0 Å². The maximum Gasteiger partial charge on any atom is 0.241 e. The van der Waals surface area contributed by atoms with Crippen molar-refractivity contribution in [2.45, 2.75) is 26.4 Å². The summed E-state index contributed by atoms with van der Waals surface area (Å²) in [6.45, 7) is 4.55. The van der Waals surface area contributed by atoms with Gasteiger partial charge in [0.2, 0.25) is 5.91 Å². The highest BCUT2D eigenvalue weighted by atomic mass is 79.9. The number of likely N-dealkylation sites (N-methyl/N-ethyl adjacent to an activating group) is 1. The Hall–Kier alpha value is -2.44. The number of benzene rings is 2. The lowest BCUT2D eigenvalue weighted by Crippen LogP contribution is -2.39. The Balaban J connectivity index is 1.62. The van der Waals surface area contributed by atoms with Crippen molar-refractivity contribution in [2.24, 2.45) is 0 Å². The maximum absolute atomic E-state index is 12.6. The number of aryl methyl sites for hydroxylation is 1. The molecule has 5 nitrogen and oxygen atoms in total. The van der Waals surface area contributed by atoms with E-state index in [0.29, 0.717) is 6.54 Å². The third-order valence-corrected chi connectivity index (χ3v) is 5.17. The fraction of sp³-hybridized carbons (Fsp3) is 0.238. The first-order valence-corrected chi connectivity index (χ1v) is 9.59. The minimum absolute atomic E-state index is 0.0440. The quantitative estimate of drug-likeness (QED) is 0.635. The van der Waals surface area contributed by atoms with Crippen LogP contribution < -0.4 is 5.32 Å². The molecule has 3 rings (SSSR count). The van der Waals surface area contributed by atoms with Crippen LogP contribution in [0.4, 0.5) is 5.69 Å². The first-order valence-electron chi connectivity index (χ1n) is 8.80. The molecule has 1 atom stereocenters. The smallest absolute Gasteiger partial charge is 0.241 e. The van der Waals surface area contributed by atoms with Gasteiger partial charge in [0.15, 0.2) is 0 Å². The van der Waals surface area contributed by atoms with E-state index in [-0.39, 0.29) is 11.9 Å². The Labute approximate surface area is 168 Å². The Morgan fingerprint density at radius 2 is 2.00 bits per heavy atom. The van der Waals surface area contributed by atoms with Crippen LogP contribution in [0.5, 0.6) is 0 Å². The number of nitrogens with one attached hydrogen (secondary N) is 1.